The molecule has 1 atom stereocenters. The first-order valence-electron chi connectivity index (χ1n) is 18.4. The van der Waals surface area contributed by atoms with Gasteiger partial charge in [-0.25, -0.2) is 9.98 Å². The van der Waals surface area contributed by atoms with Gasteiger partial charge in [0.05, 0.1) is 0 Å². The SMILES string of the molecule is c1ccc(C2N=C(c3cccc4oc5ccccc5c34)N=C(c3ccc(-c4cc5c6ccccc6oc5c5c4sc4ccccc45)c4ccccc34)N2)cc1. The summed E-state index contributed by atoms with van der Waals surface area (Å²) in [7, 11) is 0. The van der Waals surface area contributed by atoms with Gasteiger partial charge in [0.1, 0.15) is 34.3 Å². The van der Waals surface area contributed by atoms with Crippen molar-refractivity contribution in [2.45, 2.75) is 6.17 Å². The second-order valence-corrected chi connectivity index (χ2v) is 15.1. The van der Waals surface area contributed by atoms with Crippen LogP contribution in [0.1, 0.15) is 22.9 Å². The van der Waals surface area contributed by atoms with Gasteiger partial charge in [-0.05, 0) is 52.2 Å². The number of rotatable bonds is 4. The number of benzene rings is 8. The molecule has 8 aromatic carbocycles. The van der Waals surface area contributed by atoms with Crippen LogP contribution in [-0.2, 0) is 0 Å². The van der Waals surface area contributed by atoms with Crippen molar-refractivity contribution in [2.24, 2.45) is 9.98 Å². The molecule has 5 nitrogen and oxygen atoms in total. The van der Waals surface area contributed by atoms with Gasteiger partial charge in [-0.2, -0.15) is 0 Å². The van der Waals surface area contributed by atoms with Gasteiger partial charge in [0.2, 0.25) is 0 Å². The van der Waals surface area contributed by atoms with Crippen molar-refractivity contribution >= 4 is 97.8 Å². The maximum atomic E-state index is 6.61. The molecule has 0 radical (unpaired) electrons. The normalized spacial score (nSPS) is 14.7. The van der Waals surface area contributed by atoms with Crippen LogP contribution in [0.15, 0.2) is 183 Å². The molecule has 55 heavy (non-hydrogen) atoms. The Morgan fingerprint density at radius 3 is 1.96 bits per heavy atom. The topological polar surface area (TPSA) is 63.0 Å². The van der Waals surface area contributed by atoms with Crippen LogP contribution < -0.4 is 5.32 Å². The Labute approximate surface area is 318 Å². The third-order valence-corrected chi connectivity index (χ3v) is 12.2. The minimum atomic E-state index is -0.342. The molecule has 0 saturated carbocycles. The molecule has 0 spiro atoms. The Hall–Kier alpha value is -7.02. The predicted octanol–water partition coefficient (Wildman–Crippen LogP) is 13.2. The summed E-state index contributed by atoms with van der Waals surface area (Å²) in [5.74, 6) is 1.44. The number of hydrogen-bond donors (Lipinski definition) is 1. The van der Waals surface area contributed by atoms with Gasteiger partial charge in [-0.15, -0.1) is 11.3 Å². The fourth-order valence-electron chi connectivity index (χ4n) is 8.48. The lowest BCUT2D eigenvalue weighted by Crippen LogP contribution is -2.33. The molecule has 3 aromatic heterocycles. The highest BCUT2D eigenvalue weighted by atomic mass is 32.1. The Morgan fingerprint density at radius 1 is 0.473 bits per heavy atom. The van der Waals surface area contributed by atoms with Gasteiger partial charge in [-0.3, -0.25) is 0 Å². The van der Waals surface area contributed by atoms with Crippen molar-refractivity contribution in [1.29, 1.82) is 0 Å². The van der Waals surface area contributed by atoms with E-state index < -0.39 is 0 Å². The van der Waals surface area contributed by atoms with E-state index in [2.05, 4.69) is 127 Å². The molecular weight excluding hydrogens is 695 g/mol. The van der Waals surface area contributed by atoms with E-state index in [0.29, 0.717) is 5.84 Å². The van der Waals surface area contributed by atoms with E-state index in [1.165, 1.54) is 31.3 Å². The summed E-state index contributed by atoms with van der Waals surface area (Å²) in [6.07, 6.45) is -0.342. The number of aliphatic imine (C=N–C) groups is 2. The Balaban J connectivity index is 1.09. The highest BCUT2D eigenvalue weighted by molar-refractivity contribution is 7.26. The van der Waals surface area contributed by atoms with E-state index in [1.54, 1.807) is 0 Å². The summed E-state index contributed by atoms with van der Waals surface area (Å²) in [6, 6.07) is 57.2. The average molecular weight is 724 g/mol. The fraction of sp³-hybridized carbons (Fsp3) is 0.0204. The minimum Gasteiger partial charge on any atom is -0.456 e. The molecule has 0 fully saturated rings. The lowest BCUT2D eigenvalue weighted by Gasteiger charge is -2.25. The van der Waals surface area contributed by atoms with Crippen molar-refractivity contribution in [2.75, 3.05) is 0 Å². The van der Waals surface area contributed by atoms with Crippen LogP contribution in [0.4, 0.5) is 0 Å². The summed E-state index contributed by atoms with van der Waals surface area (Å²) < 4.78 is 15.4. The lowest BCUT2D eigenvalue weighted by atomic mass is 9.92. The van der Waals surface area contributed by atoms with Crippen LogP contribution in [0.5, 0.6) is 0 Å². The third kappa shape index (κ3) is 4.59. The number of hydrogen-bond acceptors (Lipinski definition) is 6. The molecule has 12 rings (SSSR count). The third-order valence-electron chi connectivity index (χ3n) is 11.0. The van der Waals surface area contributed by atoms with Crippen LogP contribution in [0.25, 0.3) is 85.9 Å². The number of furan rings is 2. The van der Waals surface area contributed by atoms with E-state index >= 15 is 0 Å². The second-order valence-electron chi connectivity index (χ2n) is 14.1. The molecule has 11 aromatic rings. The van der Waals surface area contributed by atoms with Gasteiger partial charge >= 0.3 is 0 Å². The average Bonchev–Trinajstić information content (AvgIpc) is 3.95. The smallest absolute Gasteiger partial charge is 0.160 e. The van der Waals surface area contributed by atoms with Crippen LogP contribution in [-0.4, -0.2) is 11.7 Å². The molecule has 6 heteroatoms. The number of nitrogens with zero attached hydrogens (tertiary/aromatic N) is 2. The van der Waals surface area contributed by atoms with Crippen LogP contribution >= 0.6 is 11.3 Å². The zero-order valence-electron chi connectivity index (χ0n) is 29.3. The Morgan fingerprint density at radius 2 is 1.13 bits per heavy atom. The van der Waals surface area contributed by atoms with E-state index in [9.17, 15) is 0 Å². The molecule has 1 N–H and O–H groups in total. The van der Waals surface area contributed by atoms with Gasteiger partial charge in [0.15, 0.2) is 5.84 Å². The van der Waals surface area contributed by atoms with Crippen molar-refractivity contribution in [1.82, 2.24) is 5.32 Å². The molecule has 0 aliphatic carbocycles. The number of fused-ring (bicyclic) bond motifs is 11. The molecular formula is C49H29N3O2S. The zero-order chi connectivity index (χ0) is 36.0. The number of para-hydroxylation sites is 2. The second kappa shape index (κ2) is 11.7. The molecule has 1 aliphatic rings. The maximum Gasteiger partial charge on any atom is 0.160 e. The molecule has 0 bridgehead atoms. The fourth-order valence-corrected chi connectivity index (χ4v) is 9.71. The number of amidine groups is 2. The van der Waals surface area contributed by atoms with Gasteiger partial charge in [-0.1, -0.05) is 133 Å². The largest absolute Gasteiger partial charge is 0.456 e. The van der Waals surface area contributed by atoms with Gasteiger partial charge < -0.3 is 14.2 Å². The highest BCUT2D eigenvalue weighted by Gasteiger charge is 2.26. The Bertz CT molecular complexity index is 3420. The lowest BCUT2D eigenvalue weighted by molar-refractivity contribution is 0.668. The van der Waals surface area contributed by atoms with Gasteiger partial charge in [0, 0.05) is 58.4 Å². The summed E-state index contributed by atoms with van der Waals surface area (Å²) in [5.41, 5.74) is 8.88. The zero-order valence-corrected chi connectivity index (χ0v) is 30.1. The van der Waals surface area contributed by atoms with Crippen molar-refractivity contribution < 1.29 is 8.83 Å². The minimum absolute atomic E-state index is 0.342. The quantitative estimate of drug-likeness (QED) is 0.197. The standard InChI is InChI=1S/C49H29N3O2S/c1-2-13-28(14-3-1)47-50-48(52-49(51-47)36-20-12-23-41-43(36)34-18-7-10-22-40(34)53-41)33-26-25-31(29-15-4-5-16-30(29)33)38-27-37-32-17-6-9-21-39(32)54-45(37)44-35-19-8-11-24-42(35)55-46(38)44/h1-27,47H,(H,50,51,52). The highest BCUT2D eigenvalue weighted by Crippen LogP contribution is 2.48. The van der Waals surface area contributed by atoms with Crippen LogP contribution in [0, 0.1) is 0 Å². The first-order valence-corrected chi connectivity index (χ1v) is 19.2. The monoisotopic (exact) mass is 723 g/mol. The van der Waals surface area contributed by atoms with Crippen LogP contribution in [0.2, 0.25) is 0 Å². The summed E-state index contributed by atoms with van der Waals surface area (Å²) in [5, 5.41) is 12.7. The summed E-state index contributed by atoms with van der Waals surface area (Å²) in [4.78, 5) is 10.6. The molecule has 1 unspecified atom stereocenters. The first-order chi connectivity index (χ1) is 27.3. The summed E-state index contributed by atoms with van der Waals surface area (Å²) >= 11 is 1.83. The van der Waals surface area contributed by atoms with Crippen molar-refractivity contribution in [3.8, 4) is 11.1 Å². The number of nitrogens with one attached hydrogen (secondary N) is 1. The van der Waals surface area contributed by atoms with E-state index in [0.717, 1.165) is 77.2 Å². The molecule has 0 amide bonds. The van der Waals surface area contributed by atoms with Crippen LogP contribution in [0.3, 0.4) is 0 Å². The van der Waals surface area contributed by atoms with E-state index in [1.807, 2.05) is 53.8 Å². The molecule has 0 saturated heterocycles. The molecule has 4 heterocycles. The van der Waals surface area contributed by atoms with E-state index in [-0.39, 0.29) is 6.17 Å². The van der Waals surface area contributed by atoms with Crippen molar-refractivity contribution in [3.05, 3.63) is 180 Å². The molecule has 1 aliphatic heterocycles. The number of thiophene rings is 1. The van der Waals surface area contributed by atoms with E-state index in [4.69, 9.17) is 18.8 Å². The van der Waals surface area contributed by atoms with Gasteiger partial charge in [0.25, 0.3) is 0 Å². The molecule has 258 valence electrons. The summed E-state index contributed by atoms with van der Waals surface area (Å²) in [6.45, 7) is 0. The van der Waals surface area contributed by atoms with Crippen molar-refractivity contribution in [3.63, 3.8) is 0 Å². The first kappa shape index (κ1) is 30.4. The Kier molecular flexibility index (Phi) is 6.50. The predicted molar refractivity (Wildman–Crippen MR) is 229 cm³/mol. The maximum absolute atomic E-state index is 6.61.